The molecule has 0 aliphatic heterocycles. The summed E-state index contributed by atoms with van der Waals surface area (Å²) in [6.45, 7) is 5.67. The van der Waals surface area contributed by atoms with Crippen LogP contribution in [0.5, 0.6) is 5.75 Å². The van der Waals surface area contributed by atoms with Gasteiger partial charge in [0.1, 0.15) is 18.1 Å². The van der Waals surface area contributed by atoms with Crippen molar-refractivity contribution in [3.63, 3.8) is 0 Å². The Hall–Kier alpha value is -2.01. The van der Waals surface area contributed by atoms with Crippen LogP contribution in [-0.4, -0.2) is 25.5 Å². The van der Waals surface area contributed by atoms with Crippen LogP contribution in [0.2, 0.25) is 0 Å². The third kappa shape index (κ3) is 3.74. The molecule has 0 spiro atoms. The van der Waals surface area contributed by atoms with Crippen LogP contribution in [0.1, 0.15) is 17.0 Å². The highest BCUT2D eigenvalue weighted by molar-refractivity contribution is 5.48. The molecule has 0 unspecified atom stereocenters. The van der Waals surface area contributed by atoms with Crippen LogP contribution < -0.4 is 10.1 Å². The molecule has 0 aliphatic carbocycles. The van der Waals surface area contributed by atoms with E-state index in [-0.39, 0.29) is 0 Å². The number of benzene rings is 1. The Morgan fingerprint density at radius 1 is 1.25 bits per heavy atom. The van der Waals surface area contributed by atoms with Crippen LogP contribution in [0.25, 0.3) is 0 Å². The van der Waals surface area contributed by atoms with Gasteiger partial charge in [0.15, 0.2) is 0 Å². The van der Waals surface area contributed by atoms with Crippen molar-refractivity contribution in [2.75, 3.05) is 25.6 Å². The first kappa shape index (κ1) is 14.4. The van der Waals surface area contributed by atoms with Gasteiger partial charge in [0.25, 0.3) is 0 Å². The first-order valence-corrected chi connectivity index (χ1v) is 6.58. The van der Waals surface area contributed by atoms with Gasteiger partial charge in [-0.15, -0.1) is 0 Å². The lowest BCUT2D eigenvalue weighted by atomic mass is 10.2. The number of anilines is 1. The van der Waals surface area contributed by atoms with E-state index in [0.717, 1.165) is 28.5 Å². The molecule has 0 amide bonds. The molecule has 0 bridgehead atoms. The maximum absolute atomic E-state index is 5.58. The van der Waals surface area contributed by atoms with Crippen LogP contribution in [0.3, 0.4) is 0 Å². The standard InChI is InChI=1S/C15H20N2O3/c1-11-15(12(2)20-17-11)10-16-13-5-4-6-14(9-13)19-8-7-18-3/h4-6,9,16H,7-8,10H2,1-3H3. The largest absolute Gasteiger partial charge is 0.491 e. The molecule has 20 heavy (non-hydrogen) atoms. The molecule has 0 saturated carbocycles. The molecule has 1 N–H and O–H groups in total. The Balaban J connectivity index is 1.94. The number of ether oxygens (including phenoxy) is 2. The van der Waals surface area contributed by atoms with Crippen molar-refractivity contribution < 1.29 is 14.0 Å². The van der Waals surface area contributed by atoms with Crippen molar-refractivity contribution in [2.24, 2.45) is 0 Å². The van der Waals surface area contributed by atoms with Gasteiger partial charge in [0, 0.05) is 31.0 Å². The fourth-order valence-corrected chi connectivity index (χ4v) is 1.88. The number of aromatic nitrogens is 1. The molecule has 5 heteroatoms. The number of hydrogen-bond acceptors (Lipinski definition) is 5. The third-order valence-corrected chi connectivity index (χ3v) is 3.04. The van der Waals surface area contributed by atoms with Gasteiger partial charge >= 0.3 is 0 Å². The van der Waals surface area contributed by atoms with Gasteiger partial charge in [0.2, 0.25) is 0 Å². The van der Waals surface area contributed by atoms with E-state index in [4.69, 9.17) is 14.0 Å². The number of hydrogen-bond donors (Lipinski definition) is 1. The van der Waals surface area contributed by atoms with Gasteiger partial charge in [-0.2, -0.15) is 0 Å². The second kappa shape index (κ2) is 6.96. The summed E-state index contributed by atoms with van der Waals surface area (Å²) in [6.07, 6.45) is 0. The zero-order chi connectivity index (χ0) is 14.4. The highest BCUT2D eigenvalue weighted by Crippen LogP contribution is 2.19. The lowest BCUT2D eigenvalue weighted by Crippen LogP contribution is -2.05. The van der Waals surface area contributed by atoms with Crippen LogP contribution in [0.15, 0.2) is 28.8 Å². The van der Waals surface area contributed by atoms with Crippen molar-refractivity contribution in [3.05, 3.63) is 41.3 Å². The molecule has 1 heterocycles. The number of aryl methyl sites for hydroxylation is 2. The molecule has 0 fully saturated rings. The predicted molar refractivity (Wildman–Crippen MR) is 77.1 cm³/mol. The first-order valence-electron chi connectivity index (χ1n) is 6.58. The SMILES string of the molecule is COCCOc1cccc(NCc2c(C)noc2C)c1. The average molecular weight is 276 g/mol. The maximum Gasteiger partial charge on any atom is 0.138 e. The molecule has 1 aromatic heterocycles. The number of rotatable bonds is 7. The molecule has 0 atom stereocenters. The van der Waals surface area contributed by atoms with E-state index in [1.165, 1.54) is 0 Å². The van der Waals surface area contributed by atoms with Crippen LogP contribution in [0.4, 0.5) is 5.69 Å². The summed E-state index contributed by atoms with van der Waals surface area (Å²) in [4.78, 5) is 0. The van der Waals surface area contributed by atoms with Crippen LogP contribution in [0, 0.1) is 13.8 Å². The molecular formula is C15H20N2O3. The molecule has 108 valence electrons. The zero-order valence-corrected chi connectivity index (χ0v) is 12.1. The third-order valence-electron chi connectivity index (χ3n) is 3.04. The summed E-state index contributed by atoms with van der Waals surface area (Å²) in [5, 5.41) is 7.29. The van der Waals surface area contributed by atoms with Gasteiger partial charge < -0.3 is 19.3 Å². The lowest BCUT2D eigenvalue weighted by Gasteiger charge is -2.09. The van der Waals surface area contributed by atoms with Gasteiger partial charge in [-0.3, -0.25) is 0 Å². The summed E-state index contributed by atoms with van der Waals surface area (Å²) >= 11 is 0. The summed E-state index contributed by atoms with van der Waals surface area (Å²) < 4.78 is 15.7. The molecule has 0 saturated heterocycles. The highest BCUT2D eigenvalue weighted by Gasteiger charge is 2.08. The molecule has 0 aliphatic rings. The van der Waals surface area contributed by atoms with Gasteiger partial charge in [-0.1, -0.05) is 11.2 Å². The second-order valence-corrected chi connectivity index (χ2v) is 4.53. The summed E-state index contributed by atoms with van der Waals surface area (Å²) in [5.74, 6) is 1.67. The van der Waals surface area contributed by atoms with Crippen LogP contribution in [-0.2, 0) is 11.3 Å². The Bertz CT molecular complexity index is 532. The minimum atomic E-state index is 0.545. The quantitative estimate of drug-likeness (QED) is 0.788. The normalized spacial score (nSPS) is 10.6. The van der Waals surface area contributed by atoms with E-state index in [1.54, 1.807) is 7.11 Å². The monoisotopic (exact) mass is 276 g/mol. The van der Waals surface area contributed by atoms with Gasteiger partial charge in [0.05, 0.1) is 12.3 Å². The summed E-state index contributed by atoms with van der Waals surface area (Å²) in [5.41, 5.74) is 3.01. The molecule has 0 radical (unpaired) electrons. The molecule has 5 nitrogen and oxygen atoms in total. The number of nitrogens with one attached hydrogen (secondary N) is 1. The Labute approximate surface area is 118 Å². The Kier molecular flexibility index (Phi) is 5.01. The Morgan fingerprint density at radius 3 is 2.80 bits per heavy atom. The molecule has 2 aromatic rings. The van der Waals surface area contributed by atoms with E-state index >= 15 is 0 Å². The maximum atomic E-state index is 5.58. The van der Waals surface area contributed by atoms with Crippen LogP contribution >= 0.6 is 0 Å². The van der Waals surface area contributed by atoms with Crippen molar-refractivity contribution in [1.29, 1.82) is 0 Å². The van der Waals surface area contributed by atoms with E-state index in [2.05, 4.69) is 10.5 Å². The average Bonchev–Trinajstić information content (AvgIpc) is 2.77. The molecule has 2 rings (SSSR count). The predicted octanol–water partition coefficient (Wildman–Crippen LogP) is 2.93. The highest BCUT2D eigenvalue weighted by atomic mass is 16.5. The van der Waals surface area contributed by atoms with Crippen molar-refractivity contribution >= 4 is 5.69 Å². The first-order chi connectivity index (χ1) is 9.70. The second-order valence-electron chi connectivity index (χ2n) is 4.53. The van der Waals surface area contributed by atoms with Crippen molar-refractivity contribution in [3.8, 4) is 5.75 Å². The van der Waals surface area contributed by atoms with E-state index in [1.807, 2.05) is 38.1 Å². The fraction of sp³-hybridized carbons (Fsp3) is 0.400. The minimum Gasteiger partial charge on any atom is -0.491 e. The lowest BCUT2D eigenvalue weighted by molar-refractivity contribution is 0.146. The minimum absolute atomic E-state index is 0.545. The van der Waals surface area contributed by atoms with Gasteiger partial charge in [-0.25, -0.2) is 0 Å². The van der Waals surface area contributed by atoms with Crippen molar-refractivity contribution in [2.45, 2.75) is 20.4 Å². The molecule has 1 aromatic carbocycles. The number of nitrogens with zero attached hydrogens (tertiary/aromatic N) is 1. The number of methoxy groups -OCH3 is 1. The molecular weight excluding hydrogens is 256 g/mol. The van der Waals surface area contributed by atoms with E-state index in [0.29, 0.717) is 19.8 Å². The van der Waals surface area contributed by atoms with E-state index < -0.39 is 0 Å². The van der Waals surface area contributed by atoms with Gasteiger partial charge in [-0.05, 0) is 26.0 Å². The summed E-state index contributed by atoms with van der Waals surface area (Å²) in [6, 6.07) is 7.85. The smallest absolute Gasteiger partial charge is 0.138 e. The van der Waals surface area contributed by atoms with Crippen molar-refractivity contribution in [1.82, 2.24) is 5.16 Å². The summed E-state index contributed by atoms with van der Waals surface area (Å²) in [7, 11) is 1.66. The zero-order valence-electron chi connectivity index (χ0n) is 12.1. The Morgan fingerprint density at radius 2 is 2.10 bits per heavy atom. The van der Waals surface area contributed by atoms with E-state index in [9.17, 15) is 0 Å². The fourth-order valence-electron chi connectivity index (χ4n) is 1.88. The topological polar surface area (TPSA) is 56.5 Å².